The van der Waals surface area contributed by atoms with Gasteiger partial charge in [0.1, 0.15) is 11.1 Å². The van der Waals surface area contributed by atoms with Gasteiger partial charge < -0.3 is 4.74 Å². The molecule has 0 N–H and O–H groups in total. The van der Waals surface area contributed by atoms with Crippen molar-refractivity contribution in [2.75, 3.05) is 0 Å². The number of carbonyl (C=O) groups is 1. The third-order valence-electron chi connectivity index (χ3n) is 1.59. The zero-order chi connectivity index (χ0) is 11.4. The first kappa shape index (κ1) is 11.5. The number of halogens is 1. The molecule has 1 rings (SSSR count). The predicted octanol–water partition coefficient (Wildman–Crippen LogP) is 2.13. The molecule has 0 fully saturated rings. The first-order valence-corrected chi connectivity index (χ1v) is 4.54. The fourth-order valence-electron chi connectivity index (χ4n) is 0.833. The van der Waals surface area contributed by atoms with Gasteiger partial charge in [-0.15, -0.1) is 11.6 Å². The van der Waals surface area contributed by atoms with Crippen LogP contribution in [0.3, 0.4) is 0 Å². The number of hydrogen-bond donors (Lipinski definition) is 0. The van der Waals surface area contributed by atoms with Crippen molar-refractivity contribution in [2.45, 2.75) is 12.3 Å². The number of esters is 1. The van der Waals surface area contributed by atoms with E-state index in [0.717, 1.165) is 0 Å². The molecule has 1 aromatic rings. The topological polar surface area (TPSA) is 69.4 Å². The second kappa shape index (κ2) is 4.75. The highest BCUT2D eigenvalue weighted by molar-refractivity contribution is 6.29. The monoisotopic (exact) mass is 229 g/mol. The van der Waals surface area contributed by atoms with E-state index in [4.69, 9.17) is 16.3 Å². The van der Waals surface area contributed by atoms with Crippen LogP contribution in [-0.2, 0) is 4.79 Å². The molecule has 0 aliphatic heterocycles. The Labute approximate surface area is 90.8 Å². The molecule has 1 atom stereocenters. The van der Waals surface area contributed by atoms with E-state index in [9.17, 15) is 14.9 Å². The number of carbonyl (C=O) groups excluding carboxylic acids is 1. The summed E-state index contributed by atoms with van der Waals surface area (Å²) in [5.74, 6) is -0.358. The minimum Gasteiger partial charge on any atom is -0.425 e. The maximum atomic E-state index is 11.0. The summed E-state index contributed by atoms with van der Waals surface area (Å²) < 4.78 is 4.82. The molecule has 0 bridgehead atoms. The van der Waals surface area contributed by atoms with Crippen LogP contribution in [0.4, 0.5) is 5.69 Å². The molecule has 0 aliphatic rings. The highest BCUT2D eigenvalue weighted by Crippen LogP contribution is 2.18. The average Bonchev–Trinajstić information content (AvgIpc) is 2.18. The smallest absolute Gasteiger partial charge is 0.329 e. The predicted molar refractivity (Wildman–Crippen MR) is 54.0 cm³/mol. The quantitative estimate of drug-likeness (QED) is 0.262. The summed E-state index contributed by atoms with van der Waals surface area (Å²) in [6.45, 7) is 1.48. The summed E-state index contributed by atoms with van der Waals surface area (Å²) in [4.78, 5) is 20.8. The number of rotatable bonds is 3. The zero-order valence-corrected chi connectivity index (χ0v) is 8.60. The van der Waals surface area contributed by atoms with Crippen LogP contribution in [0.25, 0.3) is 0 Å². The van der Waals surface area contributed by atoms with Crippen LogP contribution in [0.1, 0.15) is 6.92 Å². The van der Waals surface area contributed by atoms with Crippen LogP contribution in [0.2, 0.25) is 0 Å². The van der Waals surface area contributed by atoms with Crippen molar-refractivity contribution in [1.82, 2.24) is 0 Å². The van der Waals surface area contributed by atoms with Crippen molar-refractivity contribution in [1.29, 1.82) is 0 Å². The van der Waals surface area contributed by atoms with Crippen LogP contribution < -0.4 is 4.74 Å². The van der Waals surface area contributed by atoms with Gasteiger partial charge >= 0.3 is 5.97 Å². The Morgan fingerprint density at radius 2 is 2.00 bits per heavy atom. The number of hydrogen-bond acceptors (Lipinski definition) is 4. The number of alkyl halides is 1. The van der Waals surface area contributed by atoms with Crippen molar-refractivity contribution < 1.29 is 14.5 Å². The van der Waals surface area contributed by atoms with Crippen molar-refractivity contribution in [3.63, 3.8) is 0 Å². The van der Waals surface area contributed by atoms with Crippen LogP contribution in [-0.4, -0.2) is 16.3 Å². The van der Waals surface area contributed by atoms with Gasteiger partial charge in [-0.1, -0.05) is 0 Å². The standard InChI is InChI=1S/C9H8ClNO4/c1-6(10)9(12)15-8-4-2-7(3-5-8)11(13)14/h2-6H,1H3. The molecule has 0 spiro atoms. The maximum Gasteiger partial charge on any atom is 0.329 e. The van der Waals surface area contributed by atoms with E-state index in [-0.39, 0.29) is 11.4 Å². The molecule has 15 heavy (non-hydrogen) atoms. The molecule has 0 aromatic heterocycles. The van der Waals surface area contributed by atoms with E-state index in [2.05, 4.69) is 0 Å². The van der Waals surface area contributed by atoms with Crippen LogP contribution in [0.15, 0.2) is 24.3 Å². The molecule has 0 saturated carbocycles. The van der Waals surface area contributed by atoms with Gasteiger partial charge in [0.2, 0.25) is 0 Å². The molecular weight excluding hydrogens is 222 g/mol. The number of ether oxygens (including phenoxy) is 1. The normalized spacial score (nSPS) is 11.9. The minimum atomic E-state index is -0.750. The number of nitro benzene ring substituents is 1. The first-order chi connectivity index (χ1) is 7.00. The molecule has 0 amide bonds. The van der Waals surface area contributed by atoms with E-state index in [0.29, 0.717) is 0 Å². The maximum absolute atomic E-state index is 11.0. The summed E-state index contributed by atoms with van der Waals surface area (Å²) >= 11 is 5.48. The summed E-state index contributed by atoms with van der Waals surface area (Å²) in [6.07, 6.45) is 0. The third-order valence-corrected chi connectivity index (χ3v) is 1.77. The number of nitrogens with zero attached hydrogens (tertiary/aromatic N) is 1. The molecule has 1 unspecified atom stereocenters. The highest BCUT2D eigenvalue weighted by Gasteiger charge is 2.12. The van der Waals surface area contributed by atoms with Crippen molar-refractivity contribution in [2.24, 2.45) is 0 Å². The lowest BCUT2D eigenvalue weighted by molar-refractivity contribution is -0.384. The average molecular weight is 230 g/mol. The fourth-order valence-corrected chi connectivity index (χ4v) is 0.878. The summed E-state index contributed by atoms with van der Waals surface area (Å²) in [5.41, 5.74) is -0.0614. The van der Waals surface area contributed by atoms with Gasteiger partial charge in [0, 0.05) is 12.1 Å². The van der Waals surface area contributed by atoms with Gasteiger partial charge in [-0.25, -0.2) is 0 Å². The van der Waals surface area contributed by atoms with Crippen LogP contribution in [0.5, 0.6) is 5.75 Å². The summed E-state index contributed by atoms with van der Waals surface area (Å²) in [6, 6.07) is 5.19. The van der Waals surface area contributed by atoms with Gasteiger partial charge in [-0.2, -0.15) is 0 Å². The Balaban J connectivity index is 2.73. The van der Waals surface area contributed by atoms with E-state index in [1.54, 1.807) is 0 Å². The summed E-state index contributed by atoms with van der Waals surface area (Å²) in [7, 11) is 0. The second-order valence-electron chi connectivity index (χ2n) is 2.79. The lowest BCUT2D eigenvalue weighted by Gasteiger charge is -2.04. The first-order valence-electron chi connectivity index (χ1n) is 4.11. The number of non-ortho nitro benzene ring substituents is 1. The van der Waals surface area contributed by atoms with Crippen molar-refractivity contribution in [3.8, 4) is 5.75 Å². The SMILES string of the molecule is CC(Cl)C(=O)Oc1ccc([N+](=O)[O-])cc1. The largest absolute Gasteiger partial charge is 0.425 e. The van der Waals surface area contributed by atoms with E-state index >= 15 is 0 Å². The van der Waals surface area contributed by atoms with Gasteiger partial charge in [-0.05, 0) is 19.1 Å². The lowest BCUT2D eigenvalue weighted by atomic mass is 10.3. The van der Waals surface area contributed by atoms with Gasteiger partial charge in [0.15, 0.2) is 0 Å². The molecule has 80 valence electrons. The Kier molecular flexibility index (Phi) is 3.62. The van der Waals surface area contributed by atoms with Crippen LogP contribution in [0, 0.1) is 10.1 Å². The molecule has 6 heteroatoms. The number of benzene rings is 1. The van der Waals surface area contributed by atoms with Gasteiger partial charge in [0.05, 0.1) is 4.92 Å². The number of nitro groups is 1. The molecule has 0 aliphatic carbocycles. The van der Waals surface area contributed by atoms with E-state index in [1.165, 1.54) is 31.2 Å². The van der Waals surface area contributed by atoms with Crippen molar-refractivity contribution >= 4 is 23.3 Å². The molecule has 1 aromatic carbocycles. The molecule has 0 saturated heterocycles. The van der Waals surface area contributed by atoms with Gasteiger partial charge in [0.25, 0.3) is 5.69 Å². The highest BCUT2D eigenvalue weighted by atomic mass is 35.5. The third kappa shape index (κ3) is 3.21. The Morgan fingerprint density at radius 3 is 2.40 bits per heavy atom. The lowest BCUT2D eigenvalue weighted by Crippen LogP contribution is -2.17. The van der Waals surface area contributed by atoms with Crippen molar-refractivity contribution in [3.05, 3.63) is 34.4 Å². The zero-order valence-electron chi connectivity index (χ0n) is 7.84. The summed E-state index contributed by atoms with van der Waals surface area (Å²) in [5, 5.41) is 9.57. The molecule has 5 nitrogen and oxygen atoms in total. The molecule has 0 radical (unpaired) electrons. The van der Waals surface area contributed by atoms with Gasteiger partial charge in [-0.3, -0.25) is 14.9 Å². The van der Waals surface area contributed by atoms with Crippen LogP contribution >= 0.6 is 11.6 Å². The van der Waals surface area contributed by atoms with E-state index < -0.39 is 16.3 Å². The molecular formula is C9H8ClNO4. The Morgan fingerprint density at radius 1 is 1.47 bits per heavy atom. The fraction of sp³-hybridized carbons (Fsp3) is 0.222. The van der Waals surface area contributed by atoms with E-state index in [1.807, 2.05) is 0 Å². The second-order valence-corrected chi connectivity index (χ2v) is 3.44. The minimum absolute atomic E-state index is 0.0614. The Hall–Kier alpha value is -1.62. The Bertz CT molecular complexity index is 374. The molecule has 0 heterocycles.